The maximum Gasteiger partial charge on any atom is 0.126 e. The number of phenols is 1. The SMILES string of the molecule is COc1ccc(C)cc1-c1ccc(C)c(O)c1. The molecule has 2 aromatic rings. The Morgan fingerprint density at radius 1 is 1.00 bits per heavy atom. The lowest BCUT2D eigenvalue weighted by Crippen LogP contribution is -1.89. The van der Waals surface area contributed by atoms with Crippen LogP contribution in [-0.4, -0.2) is 12.2 Å². The van der Waals surface area contributed by atoms with Crippen LogP contribution in [0.3, 0.4) is 0 Å². The van der Waals surface area contributed by atoms with Gasteiger partial charge in [-0.15, -0.1) is 0 Å². The van der Waals surface area contributed by atoms with Gasteiger partial charge < -0.3 is 9.84 Å². The first-order valence-electron chi connectivity index (χ1n) is 5.56. The molecule has 1 N–H and O–H groups in total. The summed E-state index contributed by atoms with van der Waals surface area (Å²) in [6.45, 7) is 3.92. The van der Waals surface area contributed by atoms with Gasteiger partial charge in [-0.25, -0.2) is 0 Å². The number of ether oxygens (including phenoxy) is 1. The van der Waals surface area contributed by atoms with Crippen LogP contribution in [0.15, 0.2) is 36.4 Å². The van der Waals surface area contributed by atoms with Crippen LogP contribution in [0.2, 0.25) is 0 Å². The van der Waals surface area contributed by atoms with Gasteiger partial charge in [-0.05, 0) is 43.2 Å². The van der Waals surface area contributed by atoms with Gasteiger partial charge >= 0.3 is 0 Å². The summed E-state index contributed by atoms with van der Waals surface area (Å²) in [5, 5.41) is 9.75. The summed E-state index contributed by atoms with van der Waals surface area (Å²) < 4.78 is 5.34. The van der Waals surface area contributed by atoms with Crippen LogP contribution in [0, 0.1) is 13.8 Å². The minimum Gasteiger partial charge on any atom is -0.508 e. The summed E-state index contributed by atoms with van der Waals surface area (Å²) in [7, 11) is 1.65. The van der Waals surface area contributed by atoms with E-state index in [0.29, 0.717) is 5.75 Å². The van der Waals surface area contributed by atoms with E-state index in [4.69, 9.17) is 4.74 Å². The molecular weight excluding hydrogens is 212 g/mol. The van der Waals surface area contributed by atoms with E-state index in [0.717, 1.165) is 22.4 Å². The highest BCUT2D eigenvalue weighted by Crippen LogP contribution is 2.33. The molecule has 0 unspecified atom stereocenters. The molecule has 0 atom stereocenters. The van der Waals surface area contributed by atoms with Crippen molar-refractivity contribution in [2.45, 2.75) is 13.8 Å². The molecule has 0 fully saturated rings. The molecule has 0 saturated heterocycles. The van der Waals surface area contributed by atoms with Crippen molar-refractivity contribution in [3.8, 4) is 22.6 Å². The molecule has 0 amide bonds. The van der Waals surface area contributed by atoms with E-state index in [1.54, 1.807) is 13.2 Å². The van der Waals surface area contributed by atoms with Crippen molar-refractivity contribution in [2.75, 3.05) is 7.11 Å². The van der Waals surface area contributed by atoms with Crippen molar-refractivity contribution >= 4 is 0 Å². The van der Waals surface area contributed by atoms with Gasteiger partial charge in [0.1, 0.15) is 11.5 Å². The zero-order valence-corrected chi connectivity index (χ0v) is 10.3. The molecule has 0 aliphatic heterocycles. The minimum atomic E-state index is 0.311. The average Bonchev–Trinajstić information content (AvgIpc) is 2.32. The van der Waals surface area contributed by atoms with Gasteiger partial charge in [0, 0.05) is 5.56 Å². The number of hydrogen-bond acceptors (Lipinski definition) is 2. The van der Waals surface area contributed by atoms with Gasteiger partial charge in [-0.3, -0.25) is 0 Å². The van der Waals surface area contributed by atoms with Crippen LogP contribution in [0.1, 0.15) is 11.1 Å². The van der Waals surface area contributed by atoms with Gasteiger partial charge in [-0.1, -0.05) is 23.8 Å². The molecule has 0 aliphatic carbocycles. The number of phenolic OH excluding ortho intramolecular Hbond substituents is 1. The van der Waals surface area contributed by atoms with Gasteiger partial charge in [0.15, 0.2) is 0 Å². The summed E-state index contributed by atoms with van der Waals surface area (Å²) in [5.74, 6) is 1.13. The highest BCUT2D eigenvalue weighted by Gasteiger charge is 2.07. The normalized spacial score (nSPS) is 10.3. The topological polar surface area (TPSA) is 29.5 Å². The lowest BCUT2D eigenvalue weighted by molar-refractivity contribution is 0.416. The number of methoxy groups -OCH3 is 1. The summed E-state index contributed by atoms with van der Waals surface area (Å²) in [4.78, 5) is 0. The van der Waals surface area contributed by atoms with Crippen molar-refractivity contribution in [1.82, 2.24) is 0 Å². The third-order valence-electron chi connectivity index (χ3n) is 2.88. The van der Waals surface area contributed by atoms with Crippen molar-refractivity contribution in [3.05, 3.63) is 47.5 Å². The quantitative estimate of drug-likeness (QED) is 0.849. The molecule has 0 heterocycles. The van der Waals surface area contributed by atoms with Gasteiger partial charge in [-0.2, -0.15) is 0 Å². The van der Waals surface area contributed by atoms with Crippen LogP contribution in [-0.2, 0) is 0 Å². The van der Waals surface area contributed by atoms with Gasteiger partial charge in [0.2, 0.25) is 0 Å². The minimum absolute atomic E-state index is 0.311. The molecule has 0 spiro atoms. The van der Waals surface area contributed by atoms with Crippen LogP contribution >= 0.6 is 0 Å². The van der Waals surface area contributed by atoms with E-state index in [2.05, 4.69) is 6.07 Å². The van der Waals surface area contributed by atoms with E-state index in [1.807, 2.05) is 38.1 Å². The fourth-order valence-corrected chi connectivity index (χ4v) is 1.82. The molecule has 0 saturated carbocycles. The monoisotopic (exact) mass is 228 g/mol. The number of aryl methyl sites for hydroxylation is 2. The number of aromatic hydroxyl groups is 1. The van der Waals surface area contributed by atoms with Crippen molar-refractivity contribution < 1.29 is 9.84 Å². The van der Waals surface area contributed by atoms with E-state index in [-0.39, 0.29) is 0 Å². The predicted molar refractivity (Wildman–Crippen MR) is 69.6 cm³/mol. The molecular formula is C15H16O2. The molecule has 0 bridgehead atoms. The second-order valence-corrected chi connectivity index (χ2v) is 4.21. The van der Waals surface area contributed by atoms with E-state index in [1.165, 1.54) is 5.56 Å². The first-order chi connectivity index (χ1) is 8.11. The fraction of sp³-hybridized carbons (Fsp3) is 0.200. The molecule has 0 radical (unpaired) electrons. The molecule has 88 valence electrons. The first kappa shape index (κ1) is 11.5. The summed E-state index contributed by atoms with van der Waals surface area (Å²) in [5.41, 5.74) is 4.01. The highest BCUT2D eigenvalue weighted by molar-refractivity contribution is 5.72. The van der Waals surface area contributed by atoms with Crippen LogP contribution in [0.5, 0.6) is 11.5 Å². The number of benzene rings is 2. The molecule has 0 aromatic heterocycles. The third-order valence-corrected chi connectivity index (χ3v) is 2.88. The van der Waals surface area contributed by atoms with Crippen molar-refractivity contribution in [1.29, 1.82) is 0 Å². The Labute approximate surface area is 101 Å². The smallest absolute Gasteiger partial charge is 0.126 e. The molecule has 17 heavy (non-hydrogen) atoms. The second kappa shape index (κ2) is 4.50. The Balaban J connectivity index is 2.58. The third kappa shape index (κ3) is 2.26. The second-order valence-electron chi connectivity index (χ2n) is 4.21. The summed E-state index contributed by atoms with van der Waals surface area (Å²) >= 11 is 0. The predicted octanol–water partition coefficient (Wildman–Crippen LogP) is 3.68. The first-order valence-corrected chi connectivity index (χ1v) is 5.56. The Bertz CT molecular complexity index is 545. The summed E-state index contributed by atoms with van der Waals surface area (Å²) in [6, 6.07) is 11.7. The molecule has 0 aliphatic rings. The standard InChI is InChI=1S/C15H16O2/c1-10-4-7-15(17-3)13(8-10)12-6-5-11(2)14(16)9-12/h4-9,16H,1-3H3. The Hall–Kier alpha value is -1.96. The van der Waals surface area contributed by atoms with E-state index in [9.17, 15) is 5.11 Å². The Morgan fingerprint density at radius 3 is 2.41 bits per heavy atom. The zero-order valence-electron chi connectivity index (χ0n) is 10.3. The van der Waals surface area contributed by atoms with E-state index >= 15 is 0 Å². The highest BCUT2D eigenvalue weighted by atomic mass is 16.5. The maximum atomic E-state index is 9.75. The number of rotatable bonds is 2. The molecule has 2 nitrogen and oxygen atoms in total. The maximum absolute atomic E-state index is 9.75. The van der Waals surface area contributed by atoms with Crippen molar-refractivity contribution in [3.63, 3.8) is 0 Å². The van der Waals surface area contributed by atoms with Gasteiger partial charge in [0.05, 0.1) is 7.11 Å². The fourth-order valence-electron chi connectivity index (χ4n) is 1.82. The lowest BCUT2D eigenvalue weighted by Gasteiger charge is -2.10. The Kier molecular flexibility index (Phi) is 3.05. The van der Waals surface area contributed by atoms with Gasteiger partial charge in [0.25, 0.3) is 0 Å². The van der Waals surface area contributed by atoms with Crippen molar-refractivity contribution in [2.24, 2.45) is 0 Å². The average molecular weight is 228 g/mol. The lowest BCUT2D eigenvalue weighted by atomic mass is 10.0. The van der Waals surface area contributed by atoms with E-state index < -0.39 is 0 Å². The largest absolute Gasteiger partial charge is 0.508 e. The zero-order chi connectivity index (χ0) is 12.4. The van der Waals surface area contributed by atoms with Crippen LogP contribution in [0.25, 0.3) is 11.1 Å². The summed E-state index contributed by atoms with van der Waals surface area (Å²) in [6.07, 6.45) is 0. The van der Waals surface area contributed by atoms with Crippen LogP contribution < -0.4 is 4.74 Å². The molecule has 2 heteroatoms. The van der Waals surface area contributed by atoms with Crippen LogP contribution in [0.4, 0.5) is 0 Å². The Morgan fingerprint density at radius 2 is 1.76 bits per heavy atom. The number of hydrogen-bond donors (Lipinski definition) is 1. The molecule has 2 rings (SSSR count). The molecule has 2 aromatic carbocycles.